The van der Waals surface area contributed by atoms with Crippen molar-refractivity contribution >= 4 is 35.2 Å². The van der Waals surface area contributed by atoms with Crippen LogP contribution < -0.4 is 16.0 Å². The van der Waals surface area contributed by atoms with E-state index in [-0.39, 0.29) is 24.3 Å². The molecule has 0 bridgehead atoms. The van der Waals surface area contributed by atoms with Gasteiger partial charge in [-0.05, 0) is 56.5 Å². The van der Waals surface area contributed by atoms with Gasteiger partial charge >= 0.3 is 0 Å². The average molecular weight is 582 g/mol. The number of benzene rings is 2. The van der Waals surface area contributed by atoms with Crippen molar-refractivity contribution in [2.75, 3.05) is 20.1 Å². The highest BCUT2D eigenvalue weighted by molar-refractivity contribution is 6.30. The molecule has 9 nitrogen and oxygen atoms in total. The van der Waals surface area contributed by atoms with Crippen LogP contribution in [0.1, 0.15) is 37.5 Å². The molecular weight excluding hydrogens is 542 g/mol. The summed E-state index contributed by atoms with van der Waals surface area (Å²) in [5, 5.41) is 8.89. The largest absolute Gasteiger partial charge is 0.345 e. The van der Waals surface area contributed by atoms with Crippen LogP contribution in [0.5, 0.6) is 0 Å². The number of nitrogens with one attached hydrogen (secondary N) is 3. The molecule has 220 valence electrons. The predicted octanol–water partition coefficient (Wildman–Crippen LogP) is 2.81. The Morgan fingerprint density at radius 2 is 1.56 bits per heavy atom. The van der Waals surface area contributed by atoms with Crippen LogP contribution in [-0.2, 0) is 32.0 Å². The molecule has 0 saturated heterocycles. The zero-order valence-electron chi connectivity index (χ0n) is 24.3. The van der Waals surface area contributed by atoms with Crippen LogP contribution in [-0.4, -0.2) is 71.7 Å². The van der Waals surface area contributed by atoms with Crippen LogP contribution >= 0.6 is 11.6 Å². The molecule has 0 unspecified atom stereocenters. The Labute approximate surface area is 247 Å². The summed E-state index contributed by atoms with van der Waals surface area (Å²) < 4.78 is 0. The van der Waals surface area contributed by atoms with Gasteiger partial charge in [0.05, 0.1) is 12.6 Å². The van der Waals surface area contributed by atoms with E-state index in [9.17, 15) is 19.2 Å². The first-order valence-corrected chi connectivity index (χ1v) is 14.2. The second kappa shape index (κ2) is 14.8. The summed E-state index contributed by atoms with van der Waals surface area (Å²) in [6.07, 6.45) is 4.17. The molecule has 1 aliphatic rings. The lowest BCUT2D eigenvalue weighted by Crippen LogP contribution is -2.56. The monoisotopic (exact) mass is 581 g/mol. The van der Waals surface area contributed by atoms with Crippen LogP contribution in [0.4, 0.5) is 0 Å². The number of aryl methyl sites for hydroxylation is 1. The minimum atomic E-state index is -0.809. The normalized spacial score (nSPS) is 16.5. The van der Waals surface area contributed by atoms with Crippen molar-refractivity contribution < 1.29 is 19.2 Å². The van der Waals surface area contributed by atoms with Gasteiger partial charge in [-0.2, -0.15) is 0 Å². The molecule has 1 aliphatic heterocycles. The van der Waals surface area contributed by atoms with Crippen LogP contribution in [0, 0.1) is 12.8 Å². The van der Waals surface area contributed by atoms with Gasteiger partial charge in [-0.3, -0.25) is 19.2 Å². The highest BCUT2D eigenvalue weighted by atomic mass is 35.5. The highest BCUT2D eigenvalue weighted by Gasteiger charge is 2.35. The van der Waals surface area contributed by atoms with Crippen LogP contribution in [0.3, 0.4) is 0 Å². The Morgan fingerprint density at radius 1 is 0.927 bits per heavy atom. The van der Waals surface area contributed by atoms with Crippen molar-refractivity contribution in [2.24, 2.45) is 5.92 Å². The van der Waals surface area contributed by atoms with Crippen LogP contribution in [0.2, 0.25) is 5.02 Å². The van der Waals surface area contributed by atoms with Gasteiger partial charge in [-0.15, -0.1) is 0 Å². The van der Waals surface area contributed by atoms with Crippen molar-refractivity contribution in [1.82, 2.24) is 25.8 Å². The number of amides is 4. The summed E-state index contributed by atoms with van der Waals surface area (Å²) >= 11 is 5.99. The third-order valence-corrected chi connectivity index (χ3v) is 7.44. The lowest BCUT2D eigenvalue weighted by molar-refractivity contribution is -0.143. The van der Waals surface area contributed by atoms with Crippen molar-refractivity contribution in [2.45, 2.75) is 58.7 Å². The van der Waals surface area contributed by atoms with E-state index in [1.54, 1.807) is 31.3 Å². The van der Waals surface area contributed by atoms with Crippen molar-refractivity contribution in [3.05, 3.63) is 82.6 Å². The molecule has 3 atom stereocenters. The number of halogens is 1. The number of carbonyl (C=O) groups excluding carboxylic acids is 4. The van der Waals surface area contributed by atoms with Gasteiger partial charge in [0, 0.05) is 30.4 Å². The van der Waals surface area contributed by atoms with Gasteiger partial charge in [-0.1, -0.05) is 67.4 Å². The maximum absolute atomic E-state index is 13.7. The number of hydrogen-bond donors (Lipinski definition) is 3. The molecule has 3 N–H and O–H groups in total. The molecule has 0 aliphatic carbocycles. The Bertz CT molecular complexity index is 1250. The van der Waals surface area contributed by atoms with E-state index >= 15 is 0 Å². The third-order valence-electron chi connectivity index (χ3n) is 7.19. The zero-order chi connectivity index (χ0) is 30.1. The molecule has 0 spiro atoms. The molecule has 41 heavy (non-hydrogen) atoms. The summed E-state index contributed by atoms with van der Waals surface area (Å²) in [5.41, 5.74) is 3.06. The second-order valence-electron chi connectivity index (χ2n) is 10.7. The zero-order valence-corrected chi connectivity index (χ0v) is 25.1. The summed E-state index contributed by atoms with van der Waals surface area (Å²) in [5.74, 6) is -1.59. The van der Waals surface area contributed by atoms with E-state index in [2.05, 4.69) is 16.0 Å². The quantitative estimate of drug-likeness (QED) is 0.357. The van der Waals surface area contributed by atoms with Gasteiger partial charge < -0.3 is 25.8 Å². The third kappa shape index (κ3) is 8.90. The van der Waals surface area contributed by atoms with E-state index in [1.165, 1.54) is 4.90 Å². The number of carbonyl (C=O) groups is 4. The number of nitrogens with zero attached hydrogens (tertiary/aromatic N) is 2. The van der Waals surface area contributed by atoms with E-state index in [0.29, 0.717) is 24.4 Å². The van der Waals surface area contributed by atoms with Crippen molar-refractivity contribution in [1.29, 1.82) is 0 Å². The maximum atomic E-state index is 13.7. The molecule has 0 saturated carbocycles. The van der Waals surface area contributed by atoms with Crippen molar-refractivity contribution in [3.63, 3.8) is 0 Å². The fourth-order valence-corrected chi connectivity index (χ4v) is 4.55. The molecule has 3 rings (SSSR count). The fraction of sp³-hybridized carbons (Fsp3) is 0.419. The van der Waals surface area contributed by atoms with Gasteiger partial charge in [-0.25, -0.2) is 0 Å². The Hall–Kier alpha value is -3.69. The van der Waals surface area contributed by atoms with Gasteiger partial charge in [0.25, 0.3) is 0 Å². The number of likely N-dealkylation sites (N-methyl/N-ethyl adjacent to an activating group) is 1. The predicted molar refractivity (Wildman–Crippen MR) is 160 cm³/mol. The lowest BCUT2D eigenvalue weighted by Gasteiger charge is -2.36. The van der Waals surface area contributed by atoms with Gasteiger partial charge in [0.2, 0.25) is 23.6 Å². The summed E-state index contributed by atoms with van der Waals surface area (Å²) in [6, 6.07) is 13.3. The average Bonchev–Trinajstić information content (AvgIpc) is 2.96. The van der Waals surface area contributed by atoms with Gasteiger partial charge in [0.15, 0.2) is 0 Å². The molecule has 4 amide bonds. The first-order valence-electron chi connectivity index (χ1n) is 13.9. The second-order valence-corrected chi connectivity index (χ2v) is 11.1. The molecule has 0 fully saturated rings. The molecule has 0 aromatic heterocycles. The molecule has 2 aromatic rings. The standard InChI is InChI=1S/C31H40ClN5O4/c1-20(2)28(35-29(39)22(4)33-5)30(40)34-19-27(38)37-17-16-36(15-14-23-10-12-25(32)13-11-23)31(41)26(37)18-24-8-6-21(3)7-9-24/h6-13,16-17,20,22,26,28,33H,14-15,18-19H2,1-5H3,(H,34,40)(H,35,39)/t22-,26-,28-/m0/s1. The lowest BCUT2D eigenvalue weighted by atomic mass is 10.0. The molecular formula is C31H40ClN5O4. The number of hydrogen-bond acceptors (Lipinski definition) is 5. The number of rotatable bonds is 12. The fourth-order valence-electron chi connectivity index (χ4n) is 4.42. The van der Waals surface area contributed by atoms with E-state index in [1.807, 2.05) is 69.3 Å². The molecule has 10 heteroatoms. The van der Waals surface area contributed by atoms with Crippen LogP contribution in [0.15, 0.2) is 60.9 Å². The summed E-state index contributed by atoms with van der Waals surface area (Å²) in [7, 11) is 1.66. The van der Waals surface area contributed by atoms with E-state index in [0.717, 1.165) is 16.7 Å². The SMILES string of the molecule is CN[C@@H](C)C(=O)N[C@H](C(=O)NCC(=O)N1C=CN(CCc2ccc(Cl)cc2)C(=O)[C@@H]1Cc1ccc(C)cc1)C(C)C. The molecule has 1 heterocycles. The first-order chi connectivity index (χ1) is 19.5. The van der Waals surface area contributed by atoms with E-state index in [4.69, 9.17) is 11.6 Å². The Morgan fingerprint density at radius 3 is 2.17 bits per heavy atom. The summed E-state index contributed by atoms with van der Waals surface area (Å²) in [4.78, 5) is 55.4. The molecule has 0 radical (unpaired) electrons. The topological polar surface area (TPSA) is 111 Å². The summed E-state index contributed by atoms with van der Waals surface area (Å²) in [6.45, 7) is 7.45. The Kier molecular flexibility index (Phi) is 11.5. The molecule has 2 aromatic carbocycles. The van der Waals surface area contributed by atoms with Crippen molar-refractivity contribution in [3.8, 4) is 0 Å². The minimum Gasteiger partial charge on any atom is -0.345 e. The highest BCUT2D eigenvalue weighted by Crippen LogP contribution is 2.19. The first kappa shape index (κ1) is 31.8. The van der Waals surface area contributed by atoms with Gasteiger partial charge in [0.1, 0.15) is 12.1 Å². The Balaban J connectivity index is 1.73. The smallest absolute Gasteiger partial charge is 0.250 e. The van der Waals surface area contributed by atoms with E-state index < -0.39 is 29.9 Å². The maximum Gasteiger partial charge on any atom is 0.250 e. The van der Waals surface area contributed by atoms with Crippen LogP contribution in [0.25, 0.3) is 0 Å². The minimum absolute atomic E-state index is 0.196.